The molecule has 1 saturated heterocycles. The van der Waals surface area contributed by atoms with Crippen LogP contribution in [0.25, 0.3) is 0 Å². The molecule has 1 aromatic carbocycles. The first kappa shape index (κ1) is 14.8. The standard InChI is InChI=1S/C16H23FN2O/c1-11(2)12-4-3-8-19(9-7-12)16(20)13-5-6-14(17)15(18)10-13/h5-6,10-12H,3-4,7-9,18H2,1-2H3. The Morgan fingerprint density at radius 3 is 2.75 bits per heavy atom. The normalized spacial score (nSPS) is 20.0. The molecule has 1 aliphatic rings. The highest BCUT2D eigenvalue weighted by atomic mass is 19.1. The number of hydrogen-bond donors (Lipinski definition) is 1. The highest BCUT2D eigenvalue weighted by molar-refractivity contribution is 5.95. The zero-order chi connectivity index (χ0) is 14.7. The number of carbonyl (C=O) groups is 1. The van der Waals surface area contributed by atoms with Crippen molar-refractivity contribution in [2.75, 3.05) is 18.8 Å². The van der Waals surface area contributed by atoms with Gasteiger partial charge in [-0.05, 0) is 49.3 Å². The third kappa shape index (κ3) is 3.30. The van der Waals surface area contributed by atoms with Crippen molar-refractivity contribution in [1.29, 1.82) is 0 Å². The topological polar surface area (TPSA) is 46.3 Å². The fourth-order valence-electron chi connectivity index (χ4n) is 2.85. The Balaban J connectivity index is 2.07. The minimum absolute atomic E-state index is 0.0331. The van der Waals surface area contributed by atoms with Crippen molar-refractivity contribution in [2.24, 2.45) is 11.8 Å². The highest BCUT2D eigenvalue weighted by Crippen LogP contribution is 2.25. The molecular formula is C16H23FN2O. The Hall–Kier alpha value is -1.58. The Labute approximate surface area is 120 Å². The third-order valence-electron chi connectivity index (χ3n) is 4.25. The van der Waals surface area contributed by atoms with Gasteiger partial charge in [-0.15, -0.1) is 0 Å². The van der Waals surface area contributed by atoms with Crippen LogP contribution in [0.5, 0.6) is 0 Å². The molecule has 2 rings (SSSR count). The Morgan fingerprint density at radius 2 is 2.10 bits per heavy atom. The lowest BCUT2D eigenvalue weighted by Gasteiger charge is -2.21. The molecule has 0 saturated carbocycles. The molecule has 110 valence electrons. The first-order valence-electron chi connectivity index (χ1n) is 7.33. The van der Waals surface area contributed by atoms with Gasteiger partial charge in [0, 0.05) is 18.7 Å². The molecule has 4 heteroatoms. The number of nitrogens with zero attached hydrogens (tertiary/aromatic N) is 1. The van der Waals surface area contributed by atoms with Crippen molar-refractivity contribution in [3.05, 3.63) is 29.6 Å². The van der Waals surface area contributed by atoms with E-state index >= 15 is 0 Å². The molecule has 0 aliphatic carbocycles. The lowest BCUT2D eigenvalue weighted by molar-refractivity contribution is 0.0759. The minimum atomic E-state index is -0.475. The summed E-state index contributed by atoms with van der Waals surface area (Å²) < 4.78 is 13.2. The van der Waals surface area contributed by atoms with Crippen LogP contribution in [0.1, 0.15) is 43.5 Å². The zero-order valence-electron chi connectivity index (χ0n) is 12.2. The van der Waals surface area contributed by atoms with Crippen LogP contribution >= 0.6 is 0 Å². The van der Waals surface area contributed by atoms with Gasteiger partial charge in [-0.2, -0.15) is 0 Å². The number of nitrogens with two attached hydrogens (primary N) is 1. The summed E-state index contributed by atoms with van der Waals surface area (Å²) in [4.78, 5) is 14.3. The van der Waals surface area contributed by atoms with Crippen LogP contribution in [0.3, 0.4) is 0 Å². The average Bonchev–Trinajstić information content (AvgIpc) is 2.67. The van der Waals surface area contributed by atoms with E-state index in [-0.39, 0.29) is 11.6 Å². The fraction of sp³-hybridized carbons (Fsp3) is 0.562. The molecule has 1 atom stereocenters. The largest absolute Gasteiger partial charge is 0.396 e. The van der Waals surface area contributed by atoms with E-state index in [0.29, 0.717) is 17.4 Å². The van der Waals surface area contributed by atoms with Crippen molar-refractivity contribution in [2.45, 2.75) is 33.1 Å². The van der Waals surface area contributed by atoms with Gasteiger partial charge >= 0.3 is 0 Å². The molecule has 0 bridgehead atoms. The van der Waals surface area contributed by atoms with Crippen LogP contribution in [0.4, 0.5) is 10.1 Å². The van der Waals surface area contributed by atoms with Crippen LogP contribution in [-0.4, -0.2) is 23.9 Å². The summed E-state index contributed by atoms with van der Waals surface area (Å²) in [6, 6.07) is 4.21. The van der Waals surface area contributed by atoms with E-state index in [1.54, 1.807) is 0 Å². The molecule has 1 amide bonds. The van der Waals surface area contributed by atoms with Crippen LogP contribution < -0.4 is 5.73 Å². The van der Waals surface area contributed by atoms with Crippen molar-refractivity contribution in [3.63, 3.8) is 0 Å². The van der Waals surface area contributed by atoms with E-state index in [1.807, 2.05) is 4.90 Å². The van der Waals surface area contributed by atoms with Crippen molar-refractivity contribution < 1.29 is 9.18 Å². The quantitative estimate of drug-likeness (QED) is 0.844. The molecule has 0 radical (unpaired) electrons. The maximum Gasteiger partial charge on any atom is 0.253 e. The average molecular weight is 278 g/mol. The second-order valence-corrected chi connectivity index (χ2v) is 5.96. The summed E-state index contributed by atoms with van der Waals surface area (Å²) in [5.41, 5.74) is 6.05. The van der Waals surface area contributed by atoms with Crippen LogP contribution in [0.15, 0.2) is 18.2 Å². The van der Waals surface area contributed by atoms with Crippen molar-refractivity contribution in [3.8, 4) is 0 Å². The molecule has 1 heterocycles. The van der Waals surface area contributed by atoms with Gasteiger partial charge in [0.2, 0.25) is 0 Å². The number of carbonyl (C=O) groups excluding carboxylic acids is 1. The SMILES string of the molecule is CC(C)C1CCCN(C(=O)c2ccc(F)c(N)c2)CC1. The monoisotopic (exact) mass is 278 g/mol. The lowest BCUT2D eigenvalue weighted by atomic mass is 9.89. The van der Waals surface area contributed by atoms with Gasteiger partial charge < -0.3 is 10.6 Å². The summed E-state index contributed by atoms with van der Waals surface area (Å²) in [5, 5.41) is 0. The third-order valence-corrected chi connectivity index (χ3v) is 4.25. The molecule has 2 N–H and O–H groups in total. The fourth-order valence-corrected chi connectivity index (χ4v) is 2.85. The van der Waals surface area contributed by atoms with E-state index in [2.05, 4.69) is 13.8 Å². The number of halogens is 1. The molecule has 1 fully saturated rings. The Bertz CT molecular complexity index is 487. The number of likely N-dealkylation sites (tertiary alicyclic amines) is 1. The minimum Gasteiger partial charge on any atom is -0.396 e. The number of rotatable bonds is 2. The van der Waals surface area contributed by atoms with Crippen molar-refractivity contribution in [1.82, 2.24) is 4.90 Å². The second-order valence-electron chi connectivity index (χ2n) is 5.96. The molecule has 0 spiro atoms. The maximum atomic E-state index is 13.2. The van der Waals surface area contributed by atoms with Gasteiger partial charge in [-0.25, -0.2) is 4.39 Å². The van der Waals surface area contributed by atoms with Gasteiger partial charge in [0.25, 0.3) is 5.91 Å². The Morgan fingerprint density at radius 1 is 1.35 bits per heavy atom. The molecule has 1 aromatic rings. The Kier molecular flexibility index (Phi) is 4.63. The number of nitrogen functional groups attached to an aromatic ring is 1. The first-order chi connectivity index (χ1) is 9.49. The van der Waals surface area contributed by atoms with Crippen LogP contribution in [-0.2, 0) is 0 Å². The van der Waals surface area contributed by atoms with Crippen LogP contribution in [0, 0.1) is 17.7 Å². The summed E-state index contributed by atoms with van der Waals surface area (Å²) in [6.45, 7) is 6.03. The predicted molar refractivity (Wildman–Crippen MR) is 78.9 cm³/mol. The second kappa shape index (κ2) is 6.25. The van der Waals surface area contributed by atoms with Gasteiger partial charge in [-0.3, -0.25) is 4.79 Å². The summed E-state index contributed by atoms with van der Waals surface area (Å²) in [6.07, 6.45) is 3.25. The smallest absolute Gasteiger partial charge is 0.253 e. The molecule has 0 aromatic heterocycles. The van der Waals surface area contributed by atoms with Crippen LogP contribution in [0.2, 0.25) is 0 Å². The van der Waals surface area contributed by atoms with E-state index in [9.17, 15) is 9.18 Å². The van der Waals surface area contributed by atoms with E-state index in [1.165, 1.54) is 24.6 Å². The van der Waals surface area contributed by atoms with Gasteiger partial charge in [0.05, 0.1) is 5.69 Å². The number of amides is 1. The van der Waals surface area contributed by atoms with Gasteiger partial charge in [0.1, 0.15) is 5.82 Å². The number of anilines is 1. The summed E-state index contributed by atoms with van der Waals surface area (Å²) >= 11 is 0. The number of benzene rings is 1. The first-order valence-corrected chi connectivity index (χ1v) is 7.33. The zero-order valence-corrected chi connectivity index (χ0v) is 12.2. The van der Waals surface area contributed by atoms with E-state index in [4.69, 9.17) is 5.73 Å². The summed E-state index contributed by atoms with van der Waals surface area (Å²) in [5.74, 6) is 0.830. The molecule has 1 aliphatic heterocycles. The molecular weight excluding hydrogens is 255 g/mol. The molecule has 1 unspecified atom stereocenters. The summed E-state index contributed by atoms with van der Waals surface area (Å²) in [7, 11) is 0. The number of hydrogen-bond acceptors (Lipinski definition) is 2. The molecule has 20 heavy (non-hydrogen) atoms. The van der Waals surface area contributed by atoms with Crippen molar-refractivity contribution >= 4 is 11.6 Å². The maximum absolute atomic E-state index is 13.2. The predicted octanol–water partition coefficient (Wildman–Crippen LogP) is 3.31. The van der Waals surface area contributed by atoms with E-state index < -0.39 is 5.82 Å². The van der Waals surface area contributed by atoms with Gasteiger partial charge in [-0.1, -0.05) is 13.8 Å². The van der Waals surface area contributed by atoms with Gasteiger partial charge in [0.15, 0.2) is 0 Å². The lowest BCUT2D eigenvalue weighted by Crippen LogP contribution is -2.32. The van der Waals surface area contributed by atoms with E-state index in [0.717, 1.165) is 25.9 Å². The highest BCUT2D eigenvalue weighted by Gasteiger charge is 2.23. The molecule has 3 nitrogen and oxygen atoms in total.